The molecule has 2 saturated heterocycles. The highest BCUT2D eigenvalue weighted by Gasteiger charge is 2.38. The molecule has 0 saturated carbocycles. The van der Waals surface area contributed by atoms with Crippen LogP contribution in [0.2, 0.25) is 0 Å². The van der Waals surface area contributed by atoms with Gasteiger partial charge in [-0.2, -0.15) is 0 Å². The molecule has 2 aliphatic rings. The smallest absolute Gasteiger partial charge is 0.00257 e. The van der Waals surface area contributed by atoms with Gasteiger partial charge in [-0.05, 0) is 24.8 Å². The molecule has 2 rings (SSSR count). The van der Waals surface area contributed by atoms with E-state index in [1.807, 2.05) is 0 Å². The minimum absolute atomic E-state index is 0.881. The number of fused-ring (bicyclic) bond motifs is 1. The summed E-state index contributed by atoms with van der Waals surface area (Å²) in [6.07, 6.45) is 1.33. The summed E-state index contributed by atoms with van der Waals surface area (Å²) in [4.78, 5) is 5.19. The first-order valence-electron chi connectivity index (χ1n) is 6.10. The van der Waals surface area contributed by atoms with Gasteiger partial charge in [0.1, 0.15) is 0 Å². The van der Waals surface area contributed by atoms with Crippen molar-refractivity contribution in [3.05, 3.63) is 0 Å². The van der Waals surface area contributed by atoms with Crippen LogP contribution in [0.4, 0.5) is 0 Å². The number of likely N-dealkylation sites (tertiary alicyclic amines) is 2. The van der Waals surface area contributed by atoms with Crippen molar-refractivity contribution in [3.63, 3.8) is 0 Å². The molecule has 14 heavy (non-hydrogen) atoms. The molecule has 82 valence electrons. The maximum Gasteiger partial charge on any atom is 0.00257 e. The Morgan fingerprint density at radius 1 is 1.14 bits per heavy atom. The highest BCUT2D eigenvalue weighted by molar-refractivity contribution is 4.92. The third-order valence-electron chi connectivity index (χ3n) is 4.01. The fourth-order valence-electron chi connectivity index (χ4n) is 3.04. The summed E-state index contributed by atoms with van der Waals surface area (Å²) >= 11 is 0. The molecule has 2 heterocycles. The first kappa shape index (κ1) is 10.4. The van der Waals surface area contributed by atoms with Gasteiger partial charge in [0.15, 0.2) is 0 Å². The Morgan fingerprint density at radius 3 is 2.21 bits per heavy atom. The van der Waals surface area contributed by atoms with E-state index < -0.39 is 0 Å². The molecule has 2 nitrogen and oxygen atoms in total. The van der Waals surface area contributed by atoms with Gasteiger partial charge in [0.2, 0.25) is 0 Å². The second-order valence-electron chi connectivity index (χ2n) is 5.47. The Kier molecular flexibility index (Phi) is 3.13. The van der Waals surface area contributed by atoms with Gasteiger partial charge in [0, 0.05) is 32.7 Å². The number of hydrogen-bond acceptors (Lipinski definition) is 2. The van der Waals surface area contributed by atoms with E-state index in [0.29, 0.717) is 0 Å². The molecule has 0 aromatic heterocycles. The van der Waals surface area contributed by atoms with Crippen LogP contribution in [-0.2, 0) is 0 Å². The highest BCUT2D eigenvalue weighted by atomic mass is 15.2. The summed E-state index contributed by atoms with van der Waals surface area (Å²) in [5.41, 5.74) is 0. The zero-order chi connectivity index (χ0) is 10.1. The summed E-state index contributed by atoms with van der Waals surface area (Å²) in [7, 11) is 2.26. The van der Waals surface area contributed by atoms with Gasteiger partial charge < -0.3 is 9.80 Å². The quantitative estimate of drug-likeness (QED) is 0.675. The fraction of sp³-hybridized carbons (Fsp3) is 1.00. The van der Waals surface area contributed by atoms with E-state index in [-0.39, 0.29) is 0 Å². The molecule has 0 aromatic rings. The number of nitrogens with zero attached hydrogens (tertiary/aromatic N) is 2. The molecule has 0 N–H and O–H groups in total. The van der Waals surface area contributed by atoms with Crippen molar-refractivity contribution in [2.75, 3.05) is 39.8 Å². The van der Waals surface area contributed by atoms with E-state index in [0.717, 1.165) is 17.8 Å². The van der Waals surface area contributed by atoms with Gasteiger partial charge in [-0.3, -0.25) is 0 Å². The van der Waals surface area contributed by atoms with Crippen molar-refractivity contribution in [1.82, 2.24) is 9.80 Å². The molecule has 0 aromatic carbocycles. The van der Waals surface area contributed by atoms with Gasteiger partial charge >= 0.3 is 0 Å². The molecular weight excluding hydrogens is 172 g/mol. The van der Waals surface area contributed by atoms with Crippen LogP contribution >= 0.6 is 0 Å². The van der Waals surface area contributed by atoms with Crippen LogP contribution in [0.25, 0.3) is 0 Å². The van der Waals surface area contributed by atoms with Crippen molar-refractivity contribution in [3.8, 4) is 0 Å². The molecule has 0 aliphatic carbocycles. The minimum atomic E-state index is 0.881. The van der Waals surface area contributed by atoms with Gasteiger partial charge in [-0.1, -0.05) is 20.3 Å². The van der Waals surface area contributed by atoms with Crippen LogP contribution in [0.5, 0.6) is 0 Å². The standard InChI is InChI=1S/C12H24N2/c1-4-10(2)5-14-8-11-6-13(3)7-12(11)9-14/h10-12H,4-9H2,1-3H3/t10?,11-,12+. The van der Waals surface area contributed by atoms with Gasteiger partial charge in [0.05, 0.1) is 0 Å². The van der Waals surface area contributed by atoms with Crippen LogP contribution in [-0.4, -0.2) is 49.6 Å². The van der Waals surface area contributed by atoms with E-state index in [1.54, 1.807) is 0 Å². The normalized spacial score (nSPS) is 36.2. The lowest BCUT2D eigenvalue weighted by atomic mass is 10.0. The fourth-order valence-corrected chi connectivity index (χ4v) is 3.04. The number of rotatable bonds is 3. The van der Waals surface area contributed by atoms with Crippen molar-refractivity contribution < 1.29 is 0 Å². The first-order valence-corrected chi connectivity index (χ1v) is 6.10. The van der Waals surface area contributed by atoms with Crippen molar-refractivity contribution in [2.45, 2.75) is 20.3 Å². The Hall–Kier alpha value is -0.0800. The molecule has 2 heteroatoms. The third-order valence-corrected chi connectivity index (χ3v) is 4.01. The Morgan fingerprint density at radius 2 is 1.71 bits per heavy atom. The molecule has 1 unspecified atom stereocenters. The van der Waals surface area contributed by atoms with E-state index in [9.17, 15) is 0 Å². The topological polar surface area (TPSA) is 6.48 Å². The lowest BCUT2D eigenvalue weighted by molar-refractivity contribution is 0.245. The minimum Gasteiger partial charge on any atom is -0.306 e. The summed E-state index contributed by atoms with van der Waals surface area (Å²) in [6.45, 7) is 11.4. The van der Waals surface area contributed by atoms with Crippen LogP contribution in [0.1, 0.15) is 20.3 Å². The zero-order valence-corrected chi connectivity index (χ0v) is 9.87. The SMILES string of the molecule is CCC(C)CN1C[C@H]2CN(C)C[C@H]2C1. The summed E-state index contributed by atoms with van der Waals surface area (Å²) < 4.78 is 0. The average molecular weight is 196 g/mol. The van der Waals surface area contributed by atoms with Crippen molar-refractivity contribution in [2.24, 2.45) is 17.8 Å². The predicted octanol–water partition coefficient (Wildman–Crippen LogP) is 1.53. The summed E-state index contributed by atoms with van der Waals surface area (Å²) in [5.74, 6) is 2.83. The largest absolute Gasteiger partial charge is 0.306 e. The van der Waals surface area contributed by atoms with Crippen LogP contribution < -0.4 is 0 Å². The molecule has 2 fully saturated rings. The van der Waals surface area contributed by atoms with E-state index in [2.05, 4.69) is 30.7 Å². The average Bonchev–Trinajstić information content (AvgIpc) is 2.60. The van der Waals surface area contributed by atoms with E-state index in [1.165, 1.54) is 39.1 Å². The van der Waals surface area contributed by atoms with Crippen molar-refractivity contribution >= 4 is 0 Å². The van der Waals surface area contributed by atoms with Gasteiger partial charge in [0.25, 0.3) is 0 Å². The van der Waals surface area contributed by atoms with Gasteiger partial charge in [-0.25, -0.2) is 0 Å². The van der Waals surface area contributed by atoms with Crippen molar-refractivity contribution in [1.29, 1.82) is 0 Å². The van der Waals surface area contributed by atoms with Crippen LogP contribution in [0.15, 0.2) is 0 Å². The third kappa shape index (κ3) is 2.12. The molecular formula is C12H24N2. The first-order chi connectivity index (χ1) is 6.69. The summed E-state index contributed by atoms with van der Waals surface area (Å²) in [5, 5.41) is 0. The monoisotopic (exact) mass is 196 g/mol. The Balaban J connectivity index is 1.79. The molecule has 2 aliphatic heterocycles. The molecule has 0 bridgehead atoms. The lowest BCUT2D eigenvalue weighted by Crippen LogP contribution is -2.30. The number of hydrogen-bond donors (Lipinski definition) is 0. The second kappa shape index (κ2) is 4.19. The lowest BCUT2D eigenvalue weighted by Gasteiger charge is -2.21. The molecule has 3 atom stereocenters. The maximum atomic E-state index is 2.69. The van der Waals surface area contributed by atoms with E-state index >= 15 is 0 Å². The molecule has 0 spiro atoms. The molecule has 0 amide bonds. The van der Waals surface area contributed by atoms with Gasteiger partial charge in [-0.15, -0.1) is 0 Å². The maximum absolute atomic E-state index is 2.69. The Bertz CT molecular complexity index is 179. The predicted molar refractivity (Wildman–Crippen MR) is 60.4 cm³/mol. The van der Waals surface area contributed by atoms with Crippen LogP contribution in [0, 0.1) is 17.8 Å². The second-order valence-corrected chi connectivity index (χ2v) is 5.47. The van der Waals surface area contributed by atoms with E-state index in [4.69, 9.17) is 0 Å². The van der Waals surface area contributed by atoms with Crippen LogP contribution in [0.3, 0.4) is 0 Å². The zero-order valence-electron chi connectivity index (χ0n) is 9.87. The summed E-state index contributed by atoms with van der Waals surface area (Å²) in [6, 6.07) is 0. The molecule has 0 radical (unpaired) electrons. The Labute approximate surface area is 88.3 Å². The highest BCUT2D eigenvalue weighted by Crippen LogP contribution is 2.30.